The third-order valence-electron chi connectivity index (χ3n) is 3.52. The van der Waals surface area contributed by atoms with Crippen molar-refractivity contribution >= 4 is 23.2 Å². The van der Waals surface area contributed by atoms with E-state index in [2.05, 4.69) is 0 Å². The van der Waals surface area contributed by atoms with Gasteiger partial charge in [0.05, 0.1) is 5.92 Å². The molecule has 2 atom stereocenters. The zero-order chi connectivity index (χ0) is 12.1. The summed E-state index contributed by atoms with van der Waals surface area (Å²) >= 11 is 6.19. The SMILES string of the molecule is CC1=C(C)C[C@]2(Cl)C(=O)C(F)=CC(=O)[C@@H]2C1. The lowest BCUT2D eigenvalue weighted by molar-refractivity contribution is -0.129. The van der Waals surface area contributed by atoms with Gasteiger partial charge in [-0.3, -0.25) is 9.59 Å². The summed E-state index contributed by atoms with van der Waals surface area (Å²) in [5.74, 6) is -2.74. The predicted octanol–water partition coefficient (Wildman–Crippen LogP) is 2.72. The van der Waals surface area contributed by atoms with Crippen LogP contribution in [0.4, 0.5) is 4.39 Å². The molecule has 0 aliphatic heterocycles. The Morgan fingerprint density at radius 1 is 1.38 bits per heavy atom. The zero-order valence-corrected chi connectivity index (χ0v) is 9.90. The molecule has 0 saturated carbocycles. The van der Waals surface area contributed by atoms with Crippen molar-refractivity contribution in [1.82, 2.24) is 0 Å². The molecule has 0 radical (unpaired) electrons. The van der Waals surface area contributed by atoms with Crippen LogP contribution in [0, 0.1) is 5.92 Å². The van der Waals surface area contributed by atoms with Crippen molar-refractivity contribution in [2.45, 2.75) is 31.6 Å². The first-order chi connectivity index (χ1) is 7.36. The van der Waals surface area contributed by atoms with Crippen LogP contribution in [0.2, 0.25) is 0 Å². The molecule has 0 N–H and O–H groups in total. The van der Waals surface area contributed by atoms with Crippen molar-refractivity contribution in [3.8, 4) is 0 Å². The molecule has 0 spiro atoms. The molecule has 4 heteroatoms. The highest BCUT2D eigenvalue weighted by molar-refractivity contribution is 6.41. The Kier molecular flexibility index (Phi) is 2.54. The molecule has 2 aliphatic carbocycles. The van der Waals surface area contributed by atoms with Gasteiger partial charge >= 0.3 is 0 Å². The third kappa shape index (κ3) is 1.46. The van der Waals surface area contributed by atoms with Crippen LogP contribution < -0.4 is 0 Å². The number of halogens is 2. The number of fused-ring (bicyclic) bond motifs is 1. The Hall–Kier alpha value is -0.960. The maximum Gasteiger partial charge on any atom is 0.213 e. The molecule has 0 unspecified atom stereocenters. The lowest BCUT2D eigenvalue weighted by Gasteiger charge is -2.39. The lowest BCUT2D eigenvalue weighted by Crippen LogP contribution is -2.49. The molecule has 0 aromatic carbocycles. The van der Waals surface area contributed by atoms with Crippen LogP contribution in [-0.4, -0.2) is 16.4 Å². The Labute approximate surface area is 98.2 Å². The van der Waals surface area contributed by atoms with Gasteiger partial charge in [-0.25, -0.2) is 4.39 Å². The summed E-state index contributed by atoms with van der Waals surface area (Å²) in [6.45, 7) is 3.78. The molecule has 0 saturated heterocycles. The highest BCUT2D eigenvalue weighted by atomic mass is 35.5. The first kappa shape index (κ1) is 11.5. The Bertz CT molecular complexity index is 450. The van der Waals surface area contributed by atoms with Gasteiger partial charge in [-0.15, -0.1) is 11.6 Å². The highest BCUT2D eigenvalue weighted by Gasteiger charge is 2.53. The van der Waals surface area contributed by atoms with Crippen molar-refractivity contribution < 1.29 is 14.0 Å². The van der Waals surface area contributed by atoms with E-state index in [9.17, 15) is 14.0 Å². The molecule has 2 rings (SSSR count). The smallest absolute Gasteiger partial charge is 0.213 e. The van der Waals surface area contributed by atoms with Crippen molar-refractivity contribution in [1.29, 1.82) is 0 Å². The number of hydrogen-bond donors (Lipinski definition) is 0. The lowest BCUT2D eigenvalue weighted by atomic mass is 9.69. The predicted molar refractivity (Wildman–Crippen MR) is 58.9 cm³/mol. The van der Waals surface area contributed by atoms with E-state index in [1.165, 1.54) is 0 Å². The molecular formula is C12H12ClFO2. The first-order valence-corrected chi connectivity index (χ1v) is 5.54. The maximum absolute atomic E-state index is 13.3. The number of ketones is 2. The number of hydrogen-bond acceptors (Lipinski definition) is 2. The number of allylic oxidation sites excluding steroid dienone is 4. The number of Topliss-reactive ketones (excluding diaryl/α,β-unsaturated/α-hetero) is 1. The highest BCUT2D eigenvalue weighted by Crippen LogP contribution is 2.46. The van der Waals surface area contributed by atoms with Gasteiger partial charge in [-0.05, 0) is 26.7 Å². The summed E-state index contributed by atoms with van der Waals surface area (Å²) in [7, 11) is 0. The van der Waals surface area contributed by atoms with Crippen LogP contribution in [0.15, 0.2) is 23.0 Å². The van der Waals surface area contributed by atoms with Crippen molar-refractivity contribution in [3.63, 3.8) is 0 Å². The van der Waals surface area contributed by atoms with E-state index in [-0.39, 0.29) is 12.2 Å². The molecule has 86 valence electrons. The quantitative estimate of drug-likeness (QED) is 0.484. The fraction of sp³-hybridized carbons (Fsp3) is 0.500. The molecular weight excluding hydrogens is 231 g/mol. The second kappa shape index (κ2) is 3.52. The third-order valence-corrected chi connectivity index (χ3v) is 4.09. The topological polar surface area (TPSA) is 34.1 Å². The Morgan fingerprint density at radius 2 is 2.00 bits per heavy atom. The normalized spacial score (nSPS) is 35.0. The van der Waals surface area contributed by atoms with Crippen molar-refractivity contribution in [2.75, 3.05) is 0 Å². The largest absolute Gasteiger partial charge is 0.294 e. The summed E-state index contributed by atoms with van der Waals surface area (Å²) < 4.78 is 13.3. The molecule has 0 aromatic rings. The summed E-state index contributed by atoms with van der Waals surface area (Å²) in [4.78, 5) is 22.0. The standard InChI is InChI=1S/C12H12ClFO2/c1-6-3-8-10(15)4-9(14)11(16)12(8,13)5-7(6)2/h4,8H,3,5H2,1-2H3/t8-,12+/m0/s1. The minimum atomic E-state index is -1.39. The van der Waals surface area contributed by atoms with Crippen LogP contribution in [-0.2, 0) is 9.59 Å². The summed E-state index contributed by atoms with van der Waals surface area (Å²) in [5, 5.41) is 0. The van der Waals surface area contributed by atoms with Crippen molar-refractivity contribution in [3.05, 3.63) is 23.0 Å². The van der Waals surface area contributed by atoms with Gasteiger partial charge in [0, 0.05) is 6.08 Å². The van der Waals surface area contributed by atoms with E-state index in [1.807, 2.05) is 13.8 Å². The fourth-order valence-corrected chi connectivity index (χ4v) is 2.83. The van der Waals surface area contributed by atoms with Gasteiger partial charge < -0.3 is 0 Å². The molecule has 16 heavy (non-hydrogen) atoms. The van der Waals surface area contributed by atoms with Gasteiger partial charge in [0.1, 0.15) is 4.87 Å². The van der Waals surface area contributed by atoms with E-state index in [4.69, 9.17) is 11.6 Å². The number of carbonyl (C=O) groups excluding carboxylic acids is 2. The second-order valence-corrected chi connectivity index (χ2v) is 5.25. The molecule has 2 aliphatic rings. The monoisotopic (exact) mass is 242 g/mol. The molecule has 0 heterocycles. The van der Waals surface area contributed by atoms with Crippen LogP contribution in [0.3, 0.4) is 0 Å². The van der Waals surface area contributed by atoms with Crippen LogP contribution in [0.1, 0.15) is 26.7 Å². The molecule has 2 nitrogen and oxygen atoms in total. The van der Waals surface area contributed by atoms with Gasteiger partial charge in [0.25, 0.3) is 0 Å². The average Bonchev–Trinajstić information content (AvgIpc) is 2.20. The van der Waals surface area contributed by atoms with Gasteiger partial charge in [-0.2, -0.15) is 0 Å². The first-order valence-electron chi connectivity index (χ1n) is 5.16. The van der Waals surface area contributed by atoms with Crippen LogP contribution in [0.25, 0.3) is 0 Å². The number of carbonyl (C=O) groups is 2. The second-order valence-electron chi connectivity index (χ2n) is 4.58. The number of rotatable bonds is 0. The summed E-state index contributed by atoms with van der Waals surface area (Å²) in [5.41, 5.74) is 2.04. The van der Waals surface area contributed by atoms with E-state index >= 15 is 0 Å². The summed E-state index contributed by atoms with van der Waals surface area (Å²) in [6, 6.07) is 0. The Balaban J connectivity index is 2.51. The minimum Gasteiger partial charge on any atom is -0.294 e. The van der Waals surface area contributed by atoms with Gasteiger partial charge in [-0.1, -0.05) is 11.1 Å². The van der Waals surface area contributed by atoms with Crippen LogP contribution in [0.5, 0.6) is 0 Å². The molecule has 0 aromatic heterocycles. The van der Waals surface area contributed by atoms with Crippen LogP contribution >= 0.6 is 11.6 Å². The van der Waals surface area contributed by atoms with E-state index in [0.29, 0.717) is 6.42 Å². The minimum absolute atomic E-state index is 0.261. The van der Waals surface area contributed by atoms with E-state index < -0.39 is 22.4 Å². The van der Waals surface area contributed by atoms with E-state index in [1.54, 1.807) is 0 Å². The summed E-state index contributed by atoms with van der Waals surface area (Å²) in [6.07, 6.45) is 1.49. The van der Waals surface area contributed by atoms with Gasteiger partial charge in [0.15, 0.2) is 11.6 Å². The average molecular weight is 243 g/mol. The van der Waals surface area contributed by atoms with Crippen molar-refractivity contribution in [2.24, 2.45) is 5.92 Å². The zero-order valence-electron chi connectivity index (χ0n) is 9.14. The molecule has 0 amide bonds. The number of alkyl halides is 1. The molecule has 0 fully saturated rings. The molecule has 0 bridgehead atoms. The Morgan fingerprint density at radius 3 is 2.62 bits per heavy atom. The fourth-order valence-electron chi connectivity index (χ4n) is 2.36. The van der Waals surface area contributed by atoms with Gasteiger partial charge in [0.2, 0.25) is 5.78 Å². The van der Waals surface area contributed by atoms with E-state index in [0.717, 1.165) is 17.2 Å². The maximum atomic E-state index is 13.3.